The number of rotatable bonds is 9. The molecule has 2 aromatic rings. The number of ether oxygens (including phenoxy) is 2. The fourth-order valence-electron chi connectivity index (χ4n) is 2.41. The summed E-state index contributed by atoms with van der Waals surface area (Å²) >= 11 is 3.11. The topological polar surface area (TPSA) is 118 Å². The number of aromatic nitrogens is 1. The SMILES string of the molecule is CC(O)OCC(CO)n1cc(Br)c(=O)c(OCc2ccccc2)c1C(=O)O. The lowest BCUT2D eigenvalue weighted by atomic mass is 10.2. The molecule has 0 bridgehead atoms. The van der Waals surface area contributed by atoms with Gasteiger partial charge < -0.3 is 29.4 Å². The minimum Gasteiger partial charge on any atom is -0.482 e. The van der Waals surface area contributed by atoms with Crippen molar-refractivity contribution in [3.63, 3.8) is 0 Å². The standard InChI is InChI=1S/C18H20BrNO7/c1-11(22)26-10-13(8-21)20-7-14(19)16(23)17(15(20)18(24)25)27-9-12-5-3-2-4-6-12/h2-7,11,13,21-22H,8-10H2,1H3,(H,24,25). The molecule has 3 N–H and O–H groups in total. The first-order chi connectivity index (χ1) is 12.8. The van der Waals surface area contributed by atoms with Crippen LogP contribution in [0.4, 0.5) is 0 Å². The Morgan fingerprint density at radius 3 is 2.52 bits per heavy atom. The molecule has 2 unspecified atom stereocenters. The van der Waals surface area contributed by atoms with Gasteiger partial charge in [-0.3, -0.25) is 4.79 Å². The van der Waals surface area contributed by atoms with Gasteiger partial charge in [0.15, 0.2) is 17.7 Å². The number of aliphatic hydroxyl groups excluding tert-OH is 2. The van der Waals surface area contributed by atoms with Crippen molar-refractivity contribution in [3.05, 3.63) is 62.5 Å². The Balaban J connectivity index is 2.46. The smallest absolute Gasteiger partial charge is 0.356 e. The molecular weight excluding hydrogens is 422 g/mol. The summed E-state index contributed by atoms with van der Waals surface area (Å²) in [6.45, 7) is 0.755. The highest BCUT2D eigenvalue weighted by molar-refractivity contribution is 9.10. The number of halogens is 1. The average Bonchev–Trinajstić information content (AvgIpc) is 2.63. The zero-order valence-electron chi connectivity index (χ0n) is 14.5. The van der Waals surface area contributed by atoms with Gasteiger partial charge in [0.2, 0.25) is 5.43 Å². The number of pyridine rings is 1. The summed E-state index contributed by atoms with van der Waals surface area (Å²) in [5.41, 5.74) is -0.268. The zero-order valence-corrected chi connectivity index (χ0v) is 16.1. The van der Waals surface area contributed by atoms with Crippen LogP contribution in [0.5, 0.6) is 5.75 Å². The lowest BCUT2D eigenvalue weighted by molar-refractivity contribution is -0.0981. The molecule has 146 valence electrons. The van der Waals surface area contributed by atoms with Crippen molar-refractivity contribution in [2.75, 3.05) is 13.2 Å². The highest BCUT2D eigenvalue weighted by Crippen LogP contribution is 2.23. The van der Waals surface area contributed by atoms with Crippen LogP contribution >= 0.6 is 15.9 Å². The van der Waals surface area contributed by atoms with Crippen LogP contribution in [0.15, 0.2) is 45.8 Å². The van der Waals surface area contributed by atoms with Gasteiger partial charge in [0.25, 0.3) is 0 Å². The third kappa shape index (κ3) is 5.39. The van der Waals surface area contributed by atoms with E-state index in [0.717, 1.165) is 5.56 Å². The number of benzene rings is 1. The van der Waals surface area contributed by atoms with Crippen LogP contribution < -0.4 is 10.2 Å². The maximum Gasteiger partial charge on any atom is 0.356 e. The van der Waals surface area contributed by atoms with E-state index in [9.17, 15) is 24.9 Å². The van der Waals surface area contributed by atoms with Gasteiger partial charge in [-0.25, -0.2) is 4.79 Å². The molecule has 2 rings (SSSR count). The summed E-state index contributed by atoms with van der Waals surface area (Å²) < 4.78 is 11.9. The van der Waals surface area contributed by atoms with E-state index in [1.54, 1.807) is 24.3 Å². The molecule has 0 spiro atoms. The first kappa shape index (κ1) is 21.1. The Morgan fingerprint density at radius 2 is 1.96 bits per heavy atom. The van der Waals surface area contributed by atoms with Crippen molar-refractivity contribution in [3.8, 4) is 5.75 Å². The second-order valence-electron chi connectivity index (χ2n) is 5.74. The molecule has 8 nitrogen and oxygen atoms in total. The summed E-state index contributed by atoms with van der Waals surface area (Å²) in [7, 11) is 0. The number of carboxylic acids is 1. The van der Waals surface area contributed by atoms with Crippen molar-refractivity contribution in [1.29, 1.82) is 0 Å². The van der Waals surface area contributed by atoms with Gasteiger partial charge in [0, 0.05) is 6.20 Å². The fraction of sp³-hybridized carbons (Fsp3) is 0.333. The first-order valence-electron chi connectivity index (χ1n) is 8.10. The minimum absolute atomic E-state index is 0.000773. The Labute approximate surface area is 163 Å². The van der Waals surface area contributed by atoms with Crippen LogP contribution in [0.1, 0.15) is 29.0 Å². The predicted octanol–water partition coefficient (Wildman–Crippen LogP) is 1.78. The first-order valence-corrected chi connectivity index (χ1v) is 8.89. The average molecular weight is 442 g/mol. The van der Waals surface area contributed by atoms with Crippen LogP contribution in [0.25, 0.3) is 0 Å². The molecule has 0 radical (unpaired) electrons. The van der Waals surface area contributed by atoms with Crippen molar-refractivity contribution >= 4 is 21.9 Å². The zero-order chi connectivity index (χ0) is 20.0. The van der Waals surface area contributed by atoms with E-state index >= 15 is 0 Å². The second-order valence-corrected chi connectivity index (χ2v) is 6.59. The molecule has 0 amide bonds. The molecule has 27 heavy (non-hydrogen) atoms. The van der Waals surface area contributed by atoms with E-state index in [-0.39, 0.29) is 23.4 Å². The largest absolute Gasteiger partial charge is 0.482 e. The van der Waals surface area contributed by atoms with E-state index < -0.39 is 36.0 Å². The Hall–Kier alpha value is -2.20. The lowest BCUT2D eigenvalue weighted by Crippen LogP contribution is -2.29. The maximum absolute atomic E-state index is 12.5. The van der Waals surface area contributed by atoms with Gasteiger partial charge in [-0.1, -0.05) is 30.3 Å². The Bertz CT molecular complexity index is 836. The molecule has 0 aliphatic carbocycles. The lowest BCUT2D eigenvalue weighted by Gasteiger charge is -2.23. The van der Waals surface area contributed by atoms with E-state index in [4.69, 9.17) is 9.47 Å². The van der Waals surface area contributed by atoms with E-state index in [0.29, 0.717) is 0 Å². The van der Waals surface area contributed by atoms with Gasteiger partial charge in [-0.15, -0.1) is 0 Å². The molecule has 0 fully saturated rings. The van der Waals surface area contributed by atoms with Crippen LogP contribution in [0.3, 0.4) is 0 Å². The monoisotopic (exact) mass is 441 g/mol. The van der Waals surface area contributed by atoms with Crippen LogP contribution in [0.2, 0.25) is 0 Å². The van der Waals surface area contributed by atoms with E-state index in [1.165, 1.54) is 17.7 Å². The van der Waals surface area contributed by atoms with Crippen molar-refractivity contribution < 1.29 is 29.6 Å². The maximum atomic E-state index is 12.5. The molecule has 0 aliphatic heterocycles. The summed E-state index contributed by atoms with van der Waals surface area (Å²) in [6.07, 6.45) is 0.164. The van der Waals surface area contributed by atoms with Gasteiger partial charge in [0.1, 0.15) is 6.61 Å². The summed E-state index contributed by atoms with van der Waals surface area (Å²) in [5, 5.41) is 28.6. The molecule has 1 aromatic carbocycles. The molecule has 0 saturated carbocycles. The third-order valence-electron chi connectivity index (χ3n) is 3.71. The van der Waals surface area contributed by atoms with Gasteiger partial charge in [-0.05, 0) is 28.4 Å². The third-order valence-corrected chi connectivity index (χ3v) is 4.28. The Kier molecular flexibility index (Phi) is 7.55. The molecule has 2 atom stereocenters. The van der Waals surface area contributed by atoms with Crippen LogP contribution in [-0.2, 0) is 11.3 Å². The molecular formula is C18H20BrNO7. The molecule has 1 aromatic heterocycles. The number of aliphatic hydroxyl groups is 2. The molecule has 1 heterocycles. The number of hydrogen-bond donors (Lipinski definition) is 3. The fourth-order valence-corrected chi connectivity index (χ4v) is 2.81. The van der Waals surface area contributed by atoms with Crippen molar-refractivity contribution in [2.24, 2.45) is 0 Å². The van der Waals surface area contributed by atoms with E-state index in [2.05, 4.69) is 15.9 Å². The van der Waals surface area contributed by atoms with E-state index in [1.807, 2.05) is 6.07 Å². The van der Waals surface area contributed by atoms with Gasteiger partial charge in [-0.2, -0.15) is 0 Å². The highest BCUT2D eigenvalue weighted by atomic mass is 79.9. The number of nitrogens with zero attached hydrogens (tertiary/aromatic N) is 1. The summed E-state index contributed by atoms with van der Waals surface area (Å²) in [4.78, 5) is 24.3. The second kappa shape index (κ2) is 9.65. The van der Waals surface area contributed by atoms with Crippen molar-refractivity contribution in [1.82, 2.24) is 4.57 Å². The summed E-state index contributed by atoms with van der Waals surface area (Å²) in [5.74, 6) is -1.74. The highest BCUT2D eigenvalue weighted by Gasteiger charge is 2.26. The number of carbonyl (C=O) groups is 1. The molecule has 0 saturated heterocycles. The van der Waals surface area contributed by atoms with Crippen LogP contribution in [-0.4, -0.2) is 45.4 Å². The van der Waals surface area contributed by atoms with Crippen LogP contribution in [0, 0.1) is 0 Å². The molecule has 9 heteroatoms. The molecule has 0 aliphatic rings. The summed E-state index contributed by atoms with van der Waals surface area (Å²) in [6, 6.07) is 8.14. The quantitative estimate of drug-likeness (QED) is 0.507. The van der Waals surface area contributed by atoms with Gasteiger partial charge in [0.05, 0.1) is 23.7 Å². The number of hydrogen-bond acceptors (Lipinski definition) is 6. The minimum atomic E-state index is -1.39. The number of aromatic carboxylic acids is 1. The Morgan fingerprint density at radius 1 is 1.30 bits per heavy atom. The predicted molar refractivity (Wildman–Crippen MR) is 99.9 cm³/mol. The van der Waals surface area contributed by atoms with Gasteiger partial charge >= 0.3 is 5.97 Å². The normalized spacial score (nSPS) is 13.2. The van der Waals surface area contributed by atoms with Crippen molar-refractivity contribution in [2.45, 2.75) is 25.9 Å². The number of carboxylic acid groups (broad SMARTS) is 1.